The van der Waals surface area contributed by atoms with Crippen LogP contribution in [-0.2, 0) is 19.0 Å². The molecule has 150 valence electrons. The molecule has 3 N–H and O–H groups in total. The third-order valence-corrected chi connectivity index (χ3v) is 4.98. The molecule has 27 heavy (non-hydrogen) atoms. The van der Waals surface area contributed by atoms with E-state index in [1.165, 1.54) is 0 Å². The largest absolute Gasteiger partial charge is 0.486 e. The van der Waals surface area contributed by atoms with Crippen molar-refractivity contribution in [2.24, 2.45) is 11.8 Å². The Hall–Kier alpha value is -1.84. The molecule has 2 unspecified atom stereocenters. The van der Waals surface area contributed by atoms with Gasteiger partial charge in [0, 0.05) is 6.54 Å². The second-order valence-electron chi connectivity index (χ2n) is 7.04. The van der Waals surface area contributed by atoms with E-state index in [1.807, 2.05) is 19.9 Å². The number of hydrogen-bond acceptors (Lipinski definition) is 6. The second kappa shape index (κ2) is 10.5. The van der Waals surface area contributed by atoms with Crippen molar-refractivity contribution < 1.29 is 29.1 Å². The van der Waals surface area contributed by atoms with Crippen LogP contribution in [0, 0.1) is 11.8 Å². The molecule has 2 saturated heterocycles. The van der Waals surface area contributed by atoms with Gasteiger partial charge in [-0.3, -0.25) is 4.79 Å². The van der Waals surface area contributed by atoms with Crippen LogP contribution in [-0.4, -0.2) is 73.5 Å². The molecule has 2 aliphatic rings. The third-order valence-electron chi connectivity index (χ3n) is 4.98. The molecule has 2 rings (SSSR count). The number of allylic oxidation sites excluding steroid dienone is 2. The van der Waals surface area contributed by atoms with Crippen molar-refractivity contribution in [3.63, 3.8) is 0 Å². The van der Waals surface area contributed by atoms with Crippen molar-refractivity contribution in [2.45, 2.75) is 32.8 Å². The molecule has 9 heteroatoms. The minimum atomic E-state index is -1.16. The van der Waals surface area contributed by atoms with Crippen LogP contribution in [0.4, 0.5) is 0 Å². The molecule has 2 fully saturated rings. The summed E-state index contributed by atoms with van der Waals surface area (Å²) in [5.41, 5.74) is -0.0478. The number of carbonyl (C=O) groups is 2. The molecular formula is C18H29BN2O6. The molecule has 0 aromatic carbocycles. The topological polar surface area (TPSA) is 108 Å². The molecule has 1 amide bonds. The summed E-state index contributed by atoms with van der Waals surface area (Å²) in [4.78, 5) is 25.7. The number of nitrogens with zero attached hydrogens (tertiary/aromatic N) is 1. The normalized spacial score (nSPS) is 22.3. The molecule has 0 saturated carbocycles. The first-order chi connectivity index (χ1) is 13.0. The number of carbonyl (C=O) groups excluding carboxylic acids is 1. The van der Waals surface area contributed by atoms with Gasteiger partial charge in [-0.05, 0) is 25.0 Å². The van der Waals surface area contributed by atoms with Gasteiger partial charge in [0.1, 0.15) is 17.4 Å². The van der Waals surface area contributed by atoms with Gasteiger partial charge in [-0.1, -0.05) is 26.3 Å². The molecule has 8 nitrogen and oxygen atoms in total. The molecular weight excluding hydrogens is 351 g/mol. The molecule has 0 aromatic rings. The number of carboxylic acids is 1. The molecule has 2 heterocycles. The van der Waals surface area contributed by atoms with Crippen molar-refractivity contribution in [1.82, 2.24) is 10.2 Å². The number of carboxylic acid groups (broad SMARTS) is 1. The Morgan fingerprint density at radius 3 is 2.70 bits per heavy atom. The summed E-state index contributed by atoms with van der Waals surface area (Å²) >= 11 is 0. The first-order valence-electron chi connectivity index (χ1n) is 9.45. The Bertz CT molecular complexity index is 582. The van der Waals surface area contributed by atoms with Gasteiger partial charge in [0.15, 0.2) is 0 Å². The van der Waals surface area contributed by atoms with Crippen LogP contribution in [0.3, 0.4) is 0 Å². The Kier molecular flexibility index (Phi) is 8.34. The van der Waals surface area contributed by atoms with Gasteiger partial charge in [-0.2, -0.15) is 0 Å². The van der Waals surface area contributed by atoms with E-state index in [4.69, 9.17) is 14.4 Å². The van der Waals surface area contributed by atoms with Crippen molar-refractivity contribution >= 4 is 19.6 Å². The van der Waals surface area contributed by atoms with Gasteiger partial charge < -0.3 is 29.7 Å². The Labute approximate surface area is 160 Å². The van der Waals surface area contributed by atoms with Crippen LogP contribution in [0.25, 0.3) is 0 Å². The van der Waals surface area contributed by atoms with Gasteiger partial charge >= 0.3 is 13.7 Å². The van der Waals surface area contributed by atoms with Crippen molar-refractivity contribution in [3.05, 3.63) is 23.5 Å². The highest BCUT2D eigenvalue weighted by molar-refractivity contribution is 6.16. The summed E-state index contributed by atoms with van der Waals surface area (Å²) in [6.45, 7) is 6.29. The number of likely N-dealkylation sites (tertiary alicyclic amines) is 1. The molecule has 0 aromatic heterocycles. The Morgan fingerprint density at radius 1 is 1.41 bits per heavy atom. The fourth-order valence-corrected chi connectivity index (χ4v) is 2.98. The van der Waals surface area contributed by atoms with Gasteiger partial charge in [-0.15, -0.1) is 0 Å². The van der Waals surface area contributed by atoms with E-state index < -0.39 is 13.7 Å². The summed E-state index contributed by atoms with van der Waals surface area (Å²) < 4.78 is 10.7. The summed E-state index contributed by atoms with van der Waals surface area (Å²) in [6.07, 6.45) is 5.07. The van der Waals surface area contributed by atoms with Crippen LogP contribution in [0.2, 0.25) is 0 Å². The van der Waals surface area contributed by atoms with Gasteiger partial charge in [0.05, 0.1) is 25.6 Å². The number of nitrogens with one attached hydrogen (secondary N) is 1. The average Bonchev–Trinajstić information content (AvgIpc) is 3.15. The van der Waals surface area contributed by atoms with Crippen molar-refractivity contribution in [2.75, 3.05) is 32.8 Å². The lowest BCUT2D eigenvalue weighted by Crippen LogP contribution is -2.56. The van der Waals surface area contributed by atoms with E-state index >= 15 is 0 Å². The van der Waals surface area contributed by atoms with Crippen LogP contribution >= 0.6 is 0 Å². The molecule has 0 aliphatic carbocycles. The fourth-order valence-electron chi connectivity index (χ4n) is 2.98. The minimum absolute atomic E-state index is 0.0267. The predicted octanol–water partition coefficient (Wildman–Crippen LogP) is 0.0397. The fraction of sp³-hybridized carbons (Fsp3) is 0.667. The van der Waals surface area contributed by atoms with E-state index in [1.54, 1.807) is 11.0 Å². The smallest absolute Gasteiger partial charge is 0.435 e. The van der Waals surface area contributed by atoms with E-state index in [2.05, 4.69) is 5.32 Å². The quantitative estimate of drug-likeness (QED) is 0.213. The molecule has 2 atom stereocenters. The zero-order valence-corrected chi connectivity index (χ0v) is 16.0. The van der Waals surface area contributed by atoms with Crippen LogP contribution in [0.15, 0.2) is 23.5 Å². The summed E-state index contributed by atoms with van der Waals surface area (Å²) in [5.74, 6) is -0.513. The van der Waals surface area contributed by atoms with Crippen molar-refractivity contribution in [1.29, 1.82) is 0 Å². The van der Waals surface area contributed by atoms with Gasteiger partial charge in [-0.25, -0.2) is 4.79 Å². The lowest BCUT2D eigenvalue weighted by molar-refractivity contribution is -0.146. The number of ether oxygens (including phenoxy) is 1. The maximum Gasteiger partial charge on any atom is 0.435 e. The van der Waals surface area contributed by atoms with Crippen LogP contribution < -0.4 is 5.32 Å². The van der Waals surface area contributed by atoms with Crippen LogP contribution in [0.1, 0.15) is 26.7 Å². The SMILES string of the molecule is CCC(C)/C=C\C(OC1CN(C(=O)C2CCNC2)C1)=C(/COBO)C(=O)O. The van der Waals surface area contributed by atoms with Crippen LogP contribution in [0.5, 0.6) is 0 Å². The first kappa shape index (κ1) is 21.5. The monoisotopic (exact) mass is 380 g/mol. The average molecular weight is 380 g/mol. The molecule has 0 radical (unpaired) electrons. The van der Waals surface area contributed by atoms with E-state index in [0.717, 1.165) is 19.4 Å². The zero-order valence-electron chi connectivity index (χ0n) is 16.0. The number of hydrogen-bond donors (Lipinski definition) is 3. The second-order valence-corrected chi connectivity index (χ2v) is 7.04. The lowest BCUT2D eigenvalue weighted by atomic mass is 10.0. The third kappa shape index (κ3) is 6.09. The molecule has 0 bridgehead atoms. The van der Waals surface area contributed by atoms with Gasteiger partial charge in [0.25, 0.3) is 0 Å². The summed E-state index contributed by atoms with van der Waals surface area (Å²) in [6, 6.07) is 0. The van der Waals surface area contributed by atoms with Gasteiger partial charge in [0.2, 0.25) is 5.91 Å². The van der Waals surface area contributed by atoms with E-state index in [9.17, 15) is 14.7 Å². The number of aliphatic carboxylic acids is 1. The zero-order chi connectivity index (χ0) is 19.8. The standard InChI is InChI=1S/C18H29BN2O6/c1-3-12(2)4-5-16(15(18(23)24)11-26-19-25)27-14-9-21(10-14)17(22)13-6-7-20-8-13/h4-5,12-14,19-20,25H,3,6-11H2,1-2H3,(H,23,24)/b5-4-,16-15-. The summed E-state index contributed by atoms with van der Waals surface area (Å²) in [5, 5.41) is 21.5. The number of amides is 1. The number of rotatable bonds is 10. The lowest BCUT2D eigenvalue weighted by Gasteiger charge is -2.40. The summed E-state index contributed by atoms with van der Waals surface area (Å²) in [7, 11) is -0.569. The first-order valence-corrected chi connectivity index (χ1v) is 9.45. The maximum atomic E-state index is 12.4. The minimum Gasteiger partial charge on any atom is -0.486 e. The highest BCUT2D eigenvalue weighted by Gasteiger charge is 2.37. The molecule has 2 aliphatic heterocycles. The maximum absolute atomic E-state index is 12.4. The highest BCUT2D eigenvalue weighted by atomic mass is 16.5. The van der Waals surface area contributed by atoms with Crippen molar-refractivity contribution in [3.8, 4) is 0 Å². The Morgan fingerprint density at radius 2 is 2.15 bits per heavy atom. The molecule has 0 spiro atoms. The van der Waals surface area contributed by atoms with E-state index in [-0.39, 0.29) is 41.8 Å². The van der Waals surface area contributed by atoms with E-state index in [0.29, 0.717) is 19.6 Å². The Balaban J connectivity index is 2.02. The highest BCUT2D eigenvalue weighted by Crippen LogP contribution is 2.23. The predicted molar refractivity (Wildman–Crippen MR) is 101 cm³/mol.